The van der Waals surface area contributed by atoms with Crippen LogP contribution < -0.4 is 15.4 Å². The summed E-state index contributed by atoms with van der Waals surface area (Å²) in [5, 5.41) is 7.67. The quantitative estimate of drug-likeness (QED) is 0.544. The molecule has 2 aliphatic heterocycles. The second kappa shape index (κ2) is 10.2. The highest BCUT2D eigenvalue weighted by Gasteiger charge is 2.31. The fraction of sp³-hybridized carbons (Fsp3) is 0.455. The van der Waals surface area contributed by atoms with Gasteiger partial charge in [0.25, 0.3) is 0 Å². The van der Waals surface area contributed by atoms with Crippen molar-refractivity contribution in [3.05, 3.63) is 53.9 Å². The minimum atomic E-state index is 0. The molecule has 1 fully saturated rings. The molecule has 3 heterocycles. The number of nitrogens with zero attached hydrogens (tertiary/aromatic N) is 3. The molecule has 3 N–H and O–H groups in total. The van der Waals surface area contributed by atoms with Crippen LogP contribution in [0.5, 0.6) is 5.75 Å². The van der Waals surface area contributed by atoms with Gasteiger partial charge in [-0.3, -0.25) is 10.4 Å². The van der Waals surface area contributed by atoms with Crippen LogP contribution in [0.2, 0.25) is 0 Å². The van der Waals surface area contributed by atoms with E-state index in [4.69, 9.17) is 15.9 Å². The van der Waals surface area contributed by atoms with Crippen LogP contribution in [0.4, 0.5) is 5.69 Å². The molecule has 4 rings (SSSR count). The lowest BCUT2D eigenvalue weighted by Crippen LogP contribution is -2.41. The van der Waals surface area contributed by atoms with Gasteiger partial charge in [-0.1, -0.05) is 13.0 Å². The van der Waals surface area contributed by atoms with E-state index in [9.17, 15) is 0 Å². The first-order valence-electron chi connectivity index (χ1n) is 10.0. The number of fused-ring (bicyclic) bond motifs is 1. The third kappa shape index (κ3) is 5.49. The SMILES string of the molecule is CC1(COc2ccc3c(c2)CN(C(=N)N)CC3)CCN(c2ccncc2)CC1.Cl.Cl. The Morgan fingerprint density at radius 2 is 1.80 bits per heavy atom. The lowest BCUT2D eigenvalue weighted by molar-refractivity contribution is 0.131. The van der Waals surface area contributed by atoms with Crippen LogP contribution in [-0.2, 0) is 13.0 Å². The van der Waals surface area contributed by atoms with Crippen molar-refractivity contribution < 1.29 is 4.74 Å². The molecule has 0 spiro atoms. The number of benzene rings is 1. The third-order valence-corrected chi connectivity index (χ3v) is 6.12. The number of halogens is 2. The molecule has 0 unspecified atom stereocenters. The second-order valence-corrected chi connectivity index (χ2v) is 8.28. The van der Waals surface area contributed by atoms with Crippen molar-refractivity contribution >= 4 is 36.5 Å². The molecule has 2 aliphatic rings. The molecular formula is C22H31Cl2N5O. The highest BCUT2D eigenvalue weighted by atomic mass is 35.5. The maximum atomic E-state index is 7.67. The number of guanidine groups is 1. The monoisotopic (exact) mass is 451 g/mol. The molecule has 0 amide bonds. The van der Waals surface area contributed by atoms with E-state index in [1.165, 1.54) is 16.8 Å². The van der Waals surface area contributed by atoms with Gasteiger partial charge in [-0.15, -0.1) is 24.8 Å². The average molecular weight is 452 g/mol. The molecule has 164 valence electrons. The zero-order chi connectivity index (χ0) is 19.6. The highest BCUT2D eigenvalue weighted by Crippen LogP contribution is 2.34. The van der Waals surface area contributed by atoms with Crippen LogP contribution in [-0.4, -0.2) is 42.1 Å². The normalized spacial score (nSPS) is 17.2. The zero-order valence-electron chi connectivity index (χ0n) is 17.3. The molecule has 6 nitrogen and oxygen atoms in total. The minimum absolute atomic E-state index is 0. The highest BCUT2D eigenvalue weighted by molar-refractivity contribution is 5.85. The van der Waals surface area contributed by atoms with Crippen molar-refractivity contribution in [1.82, 2.24) is 9.88 Å². The summed E-state index contributed by atoms with van der Waals surface area (Å²) < 4.78 is 6.22. The molecular weight excluding hydrogens is 421 g/mol. The number of anilines is 1. The van der Waals surface area contributed by atoms with Gasteiger partial charge in [0.2, 0.25) is 0 Å². The number of hydrogen-bond acceptors (Lipinski definition) is 4. The predicted molar refractivity (Wildman–Crippen MR) is 126 cm³/mol. The van der Waals surface area contributed by atoms with Crippen molar-refractivity contribution in [3.63, 3.8) is 0 Å². The molecule has 1 aromatic heterocycles. The Kier molecular flexibility index (Phi) is 8.21. The standard InChI is InChI=1S/C22H29N5O.2ClH/c1-22(7-12-26(13-8-22)19-4-9-25-10-5-19)16-28-20-3-2-17-6-11-27(21(23)24)15-18(17)14-20;;/h2-5,9-10,14H,6-8,11-13,15-16H2,1H3,(H3,23,24);2*1H. The van der Waals surface area contributed by atoms with E-state index in [2.05, 4.69) is 47.1 Å². The van der Waals surface area contributed by atoms with Crippen molar-refractivity contribution in [1.29, 1.82) is 5.41 Å². The topological polar surface area (TPSA) is 78.5 Å². The zero-order valence-corrected chi connectivity index (χ0v) is 19.0. The summed E-state index contributed by atoms with van der Waals surface area (Å²) in [6.45, 7) is 6.65. The van der Waals surface area contributed by atoms with Gasteiger partial charge in [0.1, 0.15) is 5.75 Å². The maximum absolute atomic E-state index is 7.67. The molecule has 0 bridgehead atoms. The first kappa shape index (κ1) is 24.1. The van der Waals surface area contributed by atoms with Crippen LogP contribution in [0.25, 0.3) is 0 Å². The fourth-order valence-electron chi connectivity index (χ4n) is 4.09. The number of rotatable bonds is 4. The molecule has 2 aromatic rings. The Morgan fingerprint density at radius 1 is 1.10 bits per heavy atom. The van der Waals surface area contributed by atoms with Gasteiger partial charge in [0.05, 0.1) is 6.61 Å². The summed E-state index contributed by atoms with van der Waals surface area (Å²) in [5.74, 6) is 1.06. The average Bonchev–Trinajstić information content (AvgIpc) is 2.73. The lowest BCUT2D eigenvalue weighted by atomic mass is 9.81. The van der Waals surface area contributed by atoms with Gasteiger partial charge >= 0.3 is 0 Å². The van der Waals surface area contributed by atoms with E-state index < -0.39 is 0 Å². The van der Waals surface area contributed by atoms with Crippen LogP contribution in [0.1, 0.15) is 30.9 Å². The van der Waals surface area contributed by atoms with Crippen LogP contribution >= 0.6 is 24.8 Å². The molecule has 0 saturated carbocycles. The first-order chi connectivity index (χ1) is 13.5. The van der Waals surface area contributed by atoms with Gasteiger partial charge in [-0.05, 0) is 54.7 Å². The summed E-state index contributed by atoms with van der Waals surface area (Å²) in [4.78, 5) is 8.44. The van der Waals surface area contributed by atoms with E-state index in [0.29, 0.717) is 6.54 Å². The summed E-state index contributed by atoms with van der Waals surface area (Å²) in [6, 6.07) is 10.5. The smallest absolute Gasteiger partial charge is 0.188 e. The van der Waals surface area contributed by atoms with E-state index in [1.54, 1.807) is 0 Å². The Labute approximate surface area is 191 Å². The summed E-state index contributed by atoms with van der Waals surface area (Å²) in [5.41, 5.74) is 9.65. The maximum Gasteiger partial charge on any atom is 0.188 e. The fourth-order valence-corrected chi connectivity index (χ4v) is 4.09. The summed E-state index contributed by atoms with van der Waals surface area (Å²) in [6.07, 6.45) is 6.86. The molecule has 30 heavy (non-hydrogen) atoms. The van der Waals surface area contributed by atoms with Crippen LogP contribution in [0.3, 0.4) is 0 Å². The van der Waals surface area contributed by atoms with Crippen molar-refractivity contribution in [2.45, 2.75) is 32.7 Å². The summed E-state index contributed by atoms with van der Waals surface area (Å²) >= 11 is 0. The number of nitrogens with one attached hydrogen (secondary N) is 1. The Morgan fingerprint density at radius 3 is 2.47 bits per heavy atom. The van der Waals surface area contributed by atoms with Crippen molar-refractivity contribution in [3.8, 4) is 5.75 Å². The number of hydrogen-bond donors (Lipinski definition) is 2. The third-order valence-electron chi connectivity index (χ3n) is 6.12. The van der Waals surface area contributed by atoms with Gasteiger partial charge in [-0.2, -0.15) is 0 Å². The van der Waals surface area contributed by atoms with E-state index in [1.807, 2.05) is 17.3 Å². The van der Waals surface area contributed by atoms with E-state index in [-0.39, 0.29) is 36.2 Å². The van der Waals surface area contributed by atoms with Gasteiger partial charge in [-0.25, -0.2) is 0 Å². The van der Waals surface area contributed by atoms with Crippen LogP contribution in [0, 0.1) is 10.8 Å². The molecule has 0 aliphatic carbocycles. The summed E-state index contributed by atoms with van der Waals surface area (Å²) in [7, 11) is 0. The predicted octanol–water partition coefficient (Wildman–Crippen LogP) is 3.86. The van der Waals surface area contributed by atoms with E-state index in [0.717, 1.165) is 51.3 Å². The number of pyridine rings is 1. The Hall–Kier alpha value is -2.18. The van der Waals surface area contributed by atoms with Crippen molar-refractivity contribution in [2.24, 2.45) is 11.1 Å². The van der Waals surface area contributed by atoms with Gasteiger partial charge in [0.15, 0.2) is 5.96 Å². The van der Waals surface area contributed by atoms with Crippen molar-refractivity contribution in [2.75, 3.05) is 31.1 Å². The molecule has 1 saturated heterocycles. The second-order valence-electron chi connectivity index (χ2n) is 8.28. The van der Waals surface area contributed by atoms with Gasteiger partial charge < -0.3 is 20.3 Å². The number of aromatic nitrogens is 1. The van der Waals surface area contributed by atoms with Crippen LogP contribution in [0.15, 0.2) is 42.7 Å². The number of ether oxygens (including phenoxy) is 1. The lowest BCUT2D eigenvalue weighted by Gasteiger charge is -2.40. The Balaban J connectivity index is 0.00000160. The number of piperidine rings is 1. The Bertz CT molecular complexity index is 841. The molecule has 0 radical (unpaired) electrons. The number of nitrogens with two attached hydrogens (primary N) is 1. The molecule has 0 atom stereocenters. The minimum Gasteiger partial charge on any atom is -0.493 e. The first-order valence-corrected chi connectivity index (χ1v) is 10.0. The largest absolute Gasteiger partial charge is 0.493 e. The molecule has 1 aromatic carbocycles. The van der Waals surface area contributed by atoms with Gasteiger partial charge in [0, 0.05) is 49.7 Å². The molecule has 8 heteroatoms. The van der Waals surface area contributed by atoms with E-state index >= 15 is 0 Å².